The highest BCUT2D eigenvalue weighted by atomic mass is 35.5. The zero-order valence-corrected chi connectivity index (χ0v) is 6.91. The molecule has 0 saturated heterocycles. The minimum atomic E-state index is 0.233. The summed E-state index contributed by atoms with van der Waals surface area (Å²) >= 11 is 10.0. The van der Waals surface area contributed by atoms with Crippen LogP contribution in [0.25, 0.3) is 0 Å². The third-order valence-corrected chi connectivity index (χ3v) is 2.36. The Morgan fingerprint density at radius 2 is 2.33 bits per heavy atom. The predicted octanol–water partition coefficient (Wildman–Crippen LogP) is 2.76. The lowest BCUT2D eigenvalue weighted by atomic mass is 10.1. The fourth-order valence-corrected chi connectivity index (χ4v) is 1.32. The Morgan fingerprint density at radius 3 is 2.78 bits per heavy atom. The highest BCUT2D eigenvalue weighted by Crippen LogP contribution is 2.25. The van der Waals surface area contributed by atoms with E-state index in [1.54, 1.807) is 0 Å². The first kappa shape index (κ1) is 7.23. The van der Waals surface area contributed by atoms with E-state index in [2.05, 4.69) is 19.6 Å². The number of thiol groups is 1. The fraction of sp³-hybridized carbons (Fsp3) is 0.429. The van der Waals surface area contributed by atoms with E-state index in [4.69, 9.17) is 11.6 Å². The topological polar surface area (TPSA) is 0 Å². The van der Waals surface area contributed by atoms with Crippen LogP contribution in [0.5, 0.6) is 0 Å². The van der Waals surface area contributed by atoms with E-state index in [1.165, 1.54) is 5.57 Å². The molecule has 0 spiro atoms. The molecule has 0 amide bonds. The highest BCUT2D eigenvalue weighted by molar-refractivity contribution is 7.81. The van der Waals surface area contributed by atoms with Gasteiger partial charge < -0.3 is 0 Å². The van der Waals surface area contributed by atoms with Crippen molar-refractivity contribution >= 4 is 24.2 Å². The van der Waals surface area contributed by atoms with Gasteiger partial charge in [0.15, 0.2) is 0 Å². The molecule has 1 unspecified atom stereocenters. The Morgan fingerprint density at radius 1 is 1.67 bits per heavy atom. The van der Waals surface area contributed by atoms with Gasteiger partial charge in [-0.05, 0) is 19.4 Å². The van der Waals surface area contributed by atoms with E-state index in [9.17, 15) is 0 Å². The summed E-state index contributed by atoms with van der Waals surface area (Å²) in [5, 5.41) is 1.08. The number of allylic oxidation sites excluding steroid dienone is 3. The maximum absolute atomic E-state index is 5.77. The van der Waals surface area contributed by atoms with Gasteiger partial charge >= 0.3 is 0 Å². The van der Waals surface area contributed by atoms with Gasteiger partial charge in [0.2, 0.25) is 0 Å². The zero-order valence-electron chi connectivity index (χ0n) is 5.26. The molecule has 0 aromatic heterocycles. The lowest BCUT2D eigenvalue weighted by Crippen LogP contribution is -2.02. The molecule has 1 atom stereocenters. The molecular formula is C7H9ClS. The first-order chi connectivity index (χ1) is 4.20. The van der Waals surface area contributed by atoms with Crippen LogP contribution in [0.2, 0.25) is 0 Å². The maximum Gasteiger partial charge on any atom is 0.0411 e. The molecule has 1 aliphatic rings. The fourth-order valence-electron chi connectivity index (χ4n) is 0.803. The van der Waals surface area contributed by atoms with Crippen LogP contribution in [0.3, 0.4) is 0 Å². The molecule has 0 aliphatic heterocycles. The molecule has 0 bridgehead atoms. The SMILES string of the molecule is CC1=CC=C(Cl)C(S)C1. The number of halogens is 1. The van der Waals surface area contributed by atoms with Gasteiger partial charge in [-0.1, -0.05) is 23.3 Å². The Kier molecular flexibility index (Phi) is 2.25. The van der Waals surface area contributed by atoms with E-state index in [1.807, 2.05) is 12.2 Å². The number of rotatable bonds is 0. The lowest BCUT2D eigenvalue weighted by Gasteiger charge is -2.13. The summed E-state index contributed by atoms with van der Waals surface area (Å²) in [5.41, 5.74) is 1.35. The third kappa shape index (κ3) is 1.77. The molecule has 1 rings (SSSR count). The van der Waals surface area contributed by atoms with E-state index in [0.29, 0.717) is 0 Å². The van der Waals surface area contributed by atoms with Gasteiger partial charge in [-0.15, -0.1) is 0 Å². The van der Waals surface area contributed by atoms with Crippen molar-refractivity contribution in [1.82, 2.24) is 0 Å². The second kappa shape index (κ2) is 2.80. The molecule has 0 aromatic rings. The van der Waals surface area contributed by atoms with Gasteiger partial charge in [-0.2, -0.15) is 12.6 Å². The predicted molar refractivity (Wildman–Crippen MR) is 45.1 cm³/mol. The van der Waals surface area contributed by atoms with Gasteiger partial charge in [0.25, 0.3) is 0 Å². The summed E-state index contributed by atoms with van der Waals surface area (Å²) in [7, 11) is 0. The molecule has 0 heterocycles. The Bertz CT molecular complexity index is 170. The summed E-state index contributed by atoms with van der Waals surface area (Å²) in [6.07, 6.45) is 4.94. The minimum absolute atomic E-state index is 0.233. The van der Waals surface area contributed by atoms with Crippen LogP contribution in [0, 0.1) is 0 Å². The van der Waals surface area contributed by atoms with Gasteiger partial charge in [0.1, 0.15) is 0 Å². The van der Waals surface area contributed by atoms with Gasteiger partial charge in [0, 0.05) is 10.3 Å². The van der Waals surface area contributed by atoms with Gasteiger partial charge in [-0.3, -0.25) is 0 Å². The quantitative estimate of drug-likeness (QED) is 0.518. The van der Waals surface area contributed by atoms with E-state index >= 15 is 0 Å². The zero-order chi connectivity index (χ0) is 6.85. The van der Waals surface area contributed by atoms with Crippen LogP contribution >= 0.6 is 24.2 Å². The third-order valence-electron chi connectivity index (χ3n) is 1.36. The second-order valence-electron chi connectivity index (χ2n) is 2.28. The smallest absolute Gasteiger partial charge is 0.0411 e. The molecule has 2 heteroatoms. The summed E-state index contributed by atoms with van der Waals surface area (Å²) < 4.78 is 0. The largest absolute Gasteiger partial charge is 0.170 e. The van der Waals surface area contributed by atoms with Crippen molar-refractivity contribution in [3.05, 3.63) is 22.8 Å². The van der Waals surface area contributed by atoms with Crippen molar-refractivity contribution in [1.29, 1.82) is 0 Å². The van der Waals surface area contributed by atoms with Crippen molar-refractivity contribution < 1.29 is 0 Å². The van der Waals surface area contributed by atoms with E-state index < -0.39 is 0 Å². The molecule has 0 nitrogen and oxygen atoms in total. The van der Waals surface area contributed by atoms with Crippen molar-refractivity contribution in [3.63, 3.8) is 0 Å². The van der Waals surface area contributed by atoms with Crippen LogP contribution in [0.15, 0.2) is 22.8 Å². The van der Waals surface area contributed by atoms with Crippen molar-refractivity contribution in [2.45, 2.75) is 18.6 Å². The van der Waals surface area contributed by atoms with Gasteiger partial charge in [0.05, 0.1) is 0 Å². The lowest BCUT2D eigenvalue weighted by molar-refractivity contribution is 0.971. The van der Waals surface area contributed by atoms with Crippen LogP contribution in [-0.2, 0) is 0 Å². The molecule has 0 radical (unpaired) electrons. The Hall–Kier alpha value is 0.120. The van der Waals surface area contributed by atoms with Crippen LogP contribution in [-0.4, -0.2) is 5.25 Å². The molecule has 0 saturated carbocycles. The van der Waals surface area contributed by atoms with Crippen LogP contribution in [0.1, 0.15) is 13.3 Å². The van der Waals surface area contributed by atoms with Crippen molar-refractivity contribution in [2.24, 2.45) is 0 Å². The summed E-state index contributed by atoms with van der Waals surface area (Å²) in [6, 6.07) is 0. The molecule has 50 valence electrons. The Labute approximate surface area is 66.0 Å². The number of hydrogen-bond donors (Lipinski definition) is 1. The van der Waals surface area contributed by atoms with Crippen LogP contribution < -0.4 is 0 Å². The van der Waals surface area contributed by atoms with Crippen molar-refractivity contribution in [2.75, 3.05) is 0 Å². The second-order valence-corrected chi connectivity index (χ2v) is 3.34. The summed E-state index contributed by atoms with van der Waals surface area (Å²) in [5.74, 6) is 0. The normalized spacial score (nSPS) is 27.2. The first-order valence-corrected chi connectivity index (χ1v) is 3.80. The average Bonchev–Trinajstić information content (AvgIpc) is 1.80. The highest BCUT2D eigenvalue weighted by Gasteiger charge is 2.10. The number of hydrogen-bond acceptors (Lipinski definition) is 1. The van der Waals surface area contributed by atoms with E-state index in [-0.39, 0.29) is 5.25 Å². The molecule has 1 aliphatic carbocycles. The minimum Gasteiger partial charge on any atom is -0.170 e. The van der Waals surface area contributed by atoms with E-state index in [0.717, 1.165) is 11.5 Å². The van der Waals surface area contributed by atoms with Crippen LogP contribution in [0.4, 0.5) is 0 Å². The standard InChI is InChI=1S/C7H9ClS/c1-5-2-3-6(8)7(9)4-5/h2-3,7,9H,4H2,1H3. The monoisotopic (exact) mass is 160 g/mol. The van der Waals surface area contributed by atoms with Crippen molar-refractivity contribution in [3.8, 4) is 0 Å². The van der Waals surface area contributed by atoms with Gasteiger partial charge in [-0.25, -0.2) is 0 Å². The average molecular weight is 161 g/mol. The molecule has 0 fully saturated rings. The molecule has 9 heavy (non-hydrogen) atoms. The Balaban J connectivity index is 2.74. The molecular weight excluding hydrogens is 152 g/mol. The summed E-state index contributed by atoms with van der Waals surface area (Å²) in [4.78, 5) is 0. The summed E-state index contributed by atoms with van der Waals surface area (Å²) in [6.45, 7) is 2.09. The first-order valence-electron chi connectivity index (χ1n) is 2.91. The molecule has 0 N–H and O–H groups in total. The molecule has 0 aromatic carbocycles. The maximum atomic E-state index is 5.77.